The molecule has 0 saturated carbocycles. The summed E-state index contributed by atoms with van der Waals surface area (Å²) < 4.78 is 6.17. The molecule has 2 aromatic carbocycles. The lowest BCUT2D eigenvalue weighted by Gasteiger charge is -2.09. The zero-order valence-electron chi connectivity index (χ0n) is 10.5. The molecule has 0 amide bonds. The minimum atomic E-state index is -0.444. The summed E-state index contributed by atoms with van der Waals surface area (Å²) in [5.74, 6) is 0.959. The van der Waals surface area contributed by atoms with E-state index in [4.69, 9.17) is 10.00 Å². The molecule has 0 N–H and O–H groups in total. The SMILES string of the molecule is Cc1c([N+](=O)[O-])ccc(Oc2cccc(C#N)c2)c1Br. The topological polar surface area (TPSA) is 76.2 Å². The molecule has 100 valence electrons. The molecule has 0 spiro atoms. The Kier molecular flexibility index (Phi) is 4.01. The number of nitriles is 1. The zero-order valence-corrected chi connectivity index (χ0v) is 12.0. The van der Waals surface area contributed by atoms with Crippen LogP contribution in [0, 0.1) is 28.4 Å². The Hall–Kier alpha value is -2.39. The van der Waals surface area contributed by atoms with Crippen LogP contribution in [0.5, 0.6) is 11.5 Å². The Morgan fingerprint density at radius 2 is 2.10 bits per heavy atom. The molecule has 0 saturated heterocycles. The van der Waals surface area contributed by atoms with Crippen LogP contribution in [-0.4, -0.2) is 4.92 Å². The lowest BCUT2D eigenvalue weighted by atomic mass is 10.2. The molecule has 2 rings (SSSR count). The van der Waals surface area contributed by atoms with E-state index in [9.17, 15) is 10.1 Å². The Labute approximate surface area is 123 Å². The lowest BCUT2D eigenvalue weighted by molar-refractivity contribution is -0.385. The van der Waals surface area contributed by atoms with Gasteiger partial charge in [0, 0.05) is 11.6 Å². The third-order valence-electron chi connectivity index (χ3n) is 2.71. The van der Waals surface area contributed by atoms with E-state index in [1.807, 2.05) is 6.07 Å². The van der Waals surface area contributed by atoms with Crippen molar-refractivity contribution in [2.75, 3.05) is 0 Å². The molecule has 0 atom stereocenters. The lowest BCUT2D eigenvalue weighted by Crippen LogP contribution is -1.94. The van der Waals surface area contributed by atoms with Crippen molar-refractivity contribution in [3.8, 4) is 17.6 Å². The van der Waals surface area contributed by atoms with Crippen LogP contribution in [0.15, 0.2) is 40.9 Å². The van der Waals surface area contributed by atoms with Crippen molar-refractivity contribution in [1.82, 2.24) is 0 Å². The van der Waals surface area contributed by atoms with E-state index >= 15 is 0 Å². The number of halogens is 1. The van der Waals surface area contributed by atoms with E-state index in [-0.39, 0.29) is 5.69 Å². The van der Waals surface area contributed by atoms with Crippen molar-refractivity contribution in [3.63, 3.8) is 0 Å². The first-order chi connectivity index (χ1) is 9.52. The molecule has 0 unspecified atom stereocenters. The number of rotatable bonds is 3. The molecule has 6 heteroatoms. The number of nitro benzene ring substituents is 1. The van der Waals surface area contributed by atoms with E-state index in [1.54, 1.807) is 31.2 Å². The minimum absolute atomic E-state index is 0.0231. The Morgan fingerprint density at radius 3 is 2.75 bits per heavy atom. The summed E-state index contributed by atoms with van der Waals surface area (Å²) in [5, 5.41) is 19.7. The number of nitrogens with zero attached hydrogens (tertiary/aromatic N) is 2. The summed E-state index contributed by atoms with van der Waals surface area (Å²) in [6.45, 7) is 1.64. The smallest absolute Gasteiger partial charge is 0.273 e. The number of ether oxygens (including phenoxy) is 1. The summed E-state index contributed by atoms with van der Waals surface area (Å²) in [5.41, 5.74) is 0.996. The first-order valence-corrected chi connectivity index (χ1v) is 6.43. The average molecular weight is 333 g/mol. The van der Waals surface area contributed by atoms with Crippen LogP contribution in [0.2, 0.25) is 0 Å². The van der Waals surface area contributed by atoms with Crippen molar-refractivity contribution in [2.24, 2.45) is 0 Å². The number of hydrogen-bond donors (Lipinski definition) is 0. The van der Waals surface area contributed by atoms with Crippen LogP contribution in [-0.2, 0) is 0 Å². The van der Waals surface area contributed by atoms with Gasteiger partial charge < -0.3 is 4.74 Å². The zero-order chi connectivity index (χ0) is 14.7. The monoisotopic (exact) mass is 332 g/mol. The Balaban J connectivity index is 2.37. The van der Waals surface area contributed by atoms with Crippen LogP contribution in [0.25, 0.3) is 0 Å². The highest BCUT2D eigenvalue weighted by Gasteiger charge is 2.16. The molecule has 0 heterocycles. The van der Waals surface area contributed by atoms with Gasteiger partial charge in [0.1, 0.15) is 11.5 Å². The number of benzene rings is 2. The molecule has 5 nitrogen and oxygen atoms in total. The van der Waals surface area contributed by atoms with Crippen LogP contribution in [0.1, 0.15) is 11.1 Å². The molecule has 0 radical (unpaired) electrons. The highest BCUT2D eigenvalue weighted by Crippen LogP contribution is 2.36. The molecular formula is C14H9BrN2O3. The molecule has 0 aliphatic heterocycles. The molecule has 0 aliphatic rings. The van der Waals surface area contributed by atoms with Gasteiger partial charge in [-0.3, -0.25) is 10.1 Å². The van der Waals surface area contributed by atoms with Crippen molar-refractivity contribution in [3.05, 3.63) is 62.1 Å². The second kappa shape index (κ2) is 5.72. The van der Waals surface area contributed by atoms with Gasteiger partial charge in [-0.05, 0) is 47.1 Å². The van der Waals surface area contributed by atoms with Gasteiger partial charge in [0.25, 0.3) is 5.69 Å². The highest BCUT2D eigenvalue weighted by atomic mass is 79.9. The molecule has 0 aromatic heterocycles. The third kappa shape index (κ3) is 2.78. The number of nitro groups is 1. The van der Waals surface area contributed by atoms with E-state index in [1.165, 1.54) is 12.1 Å². The predicted octanol–water partition coefficient (Wildman–Crippen LogP) is 4.33. The third-order valence-corrected chi connectivity index (χ3v) is 3.70. The van der Waals surface area contributed by atoms with Gasteiger partial charge in [0.2, 0.25) is 0 Å². The maximum atomic E-state index is 10.8. The second-order valence-electron chi connectivity index (χ2n) is 4.02. The van der Waals surface area contributed by atoms with Crippen LogP contribution in [0.3, 0.4) is 0 Å². The normalized spacial score (nSPS) is 9.85. The maximum Gasteiger partial charge on any atom is 0.273 e. The first-order valence-electron chi connectivity index (χ1n) is 5.64. The fourth-order valence-electron chi connectivity index (χ4n) is 1.68. The fourth-order valence-corrected chi connectivity index (χ4v) is 2.10. The van der Waals surface area contributed by atoms with E-state index < -0.39 is 4.92 Å². The summed E-state index contributed by atoms with van der Waals surface area (Å²) in [6, 6.07) is 11.6. The molecular weight excluding hydrogens is 324 g/mol. The first kappa shape index (κ1) is 14.0. The average Bonchev–Trinajstić information content (AvgIpc) is 2.44. The second-order valence-corrected chi connectivity index (χ2v) is 4.81. The van der Waals surface area contributed by atoms with Crippen molar-refractivity contribution >= 4 is 21.6 Å². The molecule has 0 bridgehead atoms. The summed E-state index contributed by atoms with van der Waals surface area (Å²) >= 11 is 3.30. The minimum Gasteiger partial charge on any atom is -0.456 e. The van der Waals surface area contributed by atoms with Gasteiger partial charge in [-0.2, -0.15) is 5.26 Å². The van der Waals surface area contributed by atoms with Gasteiger partial charge in [-0.1, -0.05) is 6.07 Å². The van der Waals surface area contributed by atoms with Crippen LogP contribution >= 0.6 is 15.9 Å². The molecule has 0 fully saturated rings. The molecule has 20 heavy (non-hydrogen) atoms. The van der Waals surface area contributed by atoms with Gasteiger partial charge in [-0.15, -0.1) is 0 Å². The molecule has 0 aliphatic carbocycles. The van der Waals surface area contributed by atoms with Gasteiger partial charge in [-0.25, -0.2) is 0 Å². The predicted molar refractivity (Wildman–Crippen MR) is 76.8 cm³/mol. The Morgan fingerprint density at radius 1 is 1.35 bits per heavy atom. The highest BCUT2D eigenvalue weighted by molar-refractivity contribution is 9.10. The van der Waals surface area contributed by atoms with Crippen LogP contribution < -0.4 is 4.74 Å². The quantitative estimate of drug-likeness (QED) is 0.619. The van der Waals surface area contributed by atoms with E-state index in [0.29, 0.717) is 27.1 Å². The summed E-state index contributed by atoms with van der Waals surface area (Å²) in [7, 11) is 0. The van der Waals surface area contributed by atoms with E-state index in [0.717, 1.165) is 0 Å². The van der Waals surface area contributed by atoms with Crippen molar-refractivity contribution in [2.45, 2.75) is 6.92 Å². The van der Waals surface area contributed by atoms with Crippen molar-refractivity contribution in [1.29, 1.82) is 5.26 Å². The number of hydrogen-bond acceptors (Lipinski definition) is 4. The van der Waals surface area contributed by atoms with Gasteiger partial charge in [0.05, 0.1) is 21.0 Å². The van der Waals surface area contributed by atoms with Crippen LogP contribution in [0.4, 0.5) is 5.69 Å². The molecule has 2 aromatic rings. The fraction of sp³-hybridized carbons (Fsp3) is 0.0714. The summed E-state index contributed by atoms with van der Waals surface area (Å²) in [4.78, 5) is 10.4. The Bertz CT molecular complexity index is 723. The van der Waals surface area contributed by atoms with E-state index in [2.05, 4.69) is 15.9 Å². The van der Waals surface area contributed by atoms with Gasteiger partial charge in [0.15, 0.2) is 0 Å². The van der Waals surface area contributed by atoms with Gasteiger partial charge >= 0.3 is 0 Å². The standard InChI is InChI=1S/C14H9BrN2O3/c1-9-12(17(18)19)5-6-13(14(9)15)20-11-4-2-3-10(7-11)8-16/h2-7H,1H3. The van der Waals surface area contributed by atoms with Crippen molar-refractivity contribution < 1.29 is 9.66 Å². The summed E-state index contributed by atoms with van der Waals surface area (Å²) in [6.07, 6.45) is 0. The maximum absolute atomic E-state index is 10.8. The largest absolute Gasteiger partial charge is 0.456 e.